The zero-order valence-electron chi connectivity index (χ0n) is 10.7. The Labute approximate surface area is 109 Å². The van der Waals surface area contributed by atoms with Gasteiger partial charge in [-0.2, -0.15) is 13.2 Å². The van der Waals surface area contributed by atoms with E-state index in [1.165, 1.54) is 0 Å². The molecule has 1 rings (SSSR count). The molecular formula is C12H16F3N3O. The molecule has 106 valence electrons. The molecule has 1 aromatic rings. The van der Waals surface area contributed by atoms with Gasteiger partial charge in [-0.25, -0.2) is 0 Å². The van der Waals surface area contributed by atoms with E-state index in [0.29, 0.717) is 6.20 Å². The Morgan fingerprint density at radius 1 is 1.42 bits per heavy atom. The fourth-order valence-electron chi connectivity index (χ4n) is 1.23. The number of rotatable bonds is 4. The van der Waals surface area contributed by atoms with E-state index in [4.69, 9.17) is 5.73 Å². The van der Waals surface area contributed by atoms with Crippen molar-refractivity contribution >= 4 is 5.91 Å². The van der Waals surface area contributed by atoms with Gasteiger partial charge in [-0.15, -0.1) is 0 Å². The van der Waals surface area contributed by atoms with Crippen molar-refractivity contribution in [3.05, 3.63) is 29.6 Å². The Hall–Kier alpha value is -1.63. The number of nitrogens with zero attached hydrogens (tertiary/aromatic N) is 1. The summed E-state index contributed by atoms with van der Waals surface area (Å²) in [6.07, 6.45) is -3.82. The van der Waals surface area contributed by atoms with Crippen molar-refractivity contribution in [3.8, 4) is 0 Å². The molecule has 1 aromatic heterocycles. The van der Waals surface area contributed by atoms with Crippen LogP contribution in [0, 0.1) is 5.92 Å². The predicted molar refractivity (Wildman–Crippen MR) is 64.4 cm³/mol. The highest BCUT2D eigenvalue weighted by Gasteiger charge is 2.30. The molecule has 3 N–H and O–H groups in total. The third kappa shape index (κ3) is 4.51. The van der Waals surface area contributed by atoms with E-state index in [1.807, 2.05) is 13.8 Å². The highest BCUT2D eigenvalue weighted by molar-refractivity contribution is 5.92. The molecule has 1 amide bonds. The molecule has 0 aliphatic rings. The molecule has 0 aliphatic carbocycles. The van der Waals surface area contributed by atoms with Crippen molar-refractivity contribution in [3.63, 3.8) is 0 Å². The zero-order chi connectivity index (χ0) is 14.6. The molecule has 0 aliphatic heterocycles. The summed E-state index contributed by atoms with van der Waals surface area (Å²) in [6.45, 7) is 4.07. The Morgan fingerprint density at radius 3 is 2.47 bits per heavy atom. The second-order valence-electron chi connectivity index (χ2n) is 4.55. The topological polar surface area (TPSA) is 68.0 Å². The second-order valence-corrected chi connectivity index (χ2v) is 4.55. The number of hydrogen-bond donors (Lipinski definition) is 2. The molecule has 0 saturated heterocycles. The van der Waals surface area contributed by atoms with E-state index in [9.17, 15) is 18.0 Å². The lowest BCUT2D eigenvalue weighted by Crippen LogP contribution is -2.40. The van der Waals surface area contributed by atoms with Crippen LogP contribution in [0.25, 0.3) is 0 Å². The van der Waals surface area contributed by atoms with Gasteiger partial charge < -0.3 is 11.1 Å². The van der Waals surface area contributed by atoms with Crippen LogP contribution in [0.4, 0.5) is 13.2 Å². The third-order valence-electron chi connectivity index (χ3n) is 2.68. The van der Waals surface area contributed by atoms with Crippen molar-refractivity contribution in [2.75, 3.05) is 6.54 Å². The van der Waals surface area contributed by atoms with Crippen molar-refractivity contribution < 1.29 is 18.0 Å². The second kappa shape index (κ2) is 6.01. The number of nitrogens with one attached hydrogen (secondary N) is 1. The molecule has 1 heterocycles. The SMILES string of the molecule is CC(C)C(N)CNC(=O)c1ccc(C(F)(F)F)cn1. The average molecular weight is 275 g/mol. The van der Waals surface area contributed by atoms with E-state index in [-0.39, 0.29) is 24.2 Å². The number of pyridine rings is 1. The van der Waals surface area contributed by atoms with Crippen molar-refractivity contribution in [1.82, 2.24) is 10.3 Å². The average Bonchev–Trinajstić information content (AvgIpc) is 2.34. The molecule has 19 heavy (non-hydrogen) atoms. The summed E-state index contributed by atoms with van der Waals surface area (Å²) >= 11 is 0. The van der Waals surface area contributed by atoms with Gasteiger partial charge in [-0.05, 0) is 18.1 Å². The van der Waals surface area contributed by atoms with Gasteiger partial charge in [0, 0.05) is 18.8 Å². The maximum atomic E-state index is 12.3. The summed E-state index contributed by atoms with van der Waals surface area (Å²) in [5.41, 5.74) is 4.79. The van der Waals surface area contributed by atoms with Crippen LogP contribution in [0.15, 0.2) is 18.3 Å². The molecule has 0 saturated carbocycles. The molecule has 1 unspecified atom stereocenters. The molecule has 4 nitrogen and oxygen atoms in total. The number of amides is 1. The number of nitrogens with two attached hydrogens (primary N) is 1. The number of alkyl halides is 3. The number of halogens is 3. The number of hydrogen-bond acceptors (Lipinski definition) is 3. The maximum absolute atomic E-state index is 12.3. The summed E-state index contributed by atoms with van der Waals surface area (Å²) in [4.78, 5) is 15.1. The third-order valence-corrected chi connectivity index (χ3v) is 2.68. The Bertz CT molecular complexity index is 429. The molecule has 0 fully saturated rings. The van der Waals surface area contributed by atoms with E-state index in [0.717, 1.165) is 12.1 Å². The van der Waals surface area contributed by atoms with Crippen molar-refractivity contribution in [2.45, 2.75) is 26.1 Å². The first-order valence-corrected chi connectivity index (χ1v) is 5.79. The number of carbonyl (C=O) groups excluding carboxylic acids is 1. The Kier molecular flexibility index (Phi) is 4.88. The molecule has 0 radical (unpaired) electrons. The van der Waals surface area contributed by atoms with Crippen LogP contribution in [0.5, 0.6) is 0 Å². The van der Waals surface area contributed by atoms with Gasteiger partial charge in [-0.3, -0.25) is 9.78 Å². The van der Waals surface area contributed by atoms with Gasteiger partial charge in [-0.1, -0.05) is 13.8 Å². The standard InChI is InChI=1S/C12H16F3N3O/c1-7(2)9(16)6-18-11(19)10-4-3-8(5-17-10)12(13,14)15/h3-5,7,9H,6,16H2,1-2H3,(H,18,19). The van der Waals surface area contributed by atoms with E-state index >= 15 is 0 Å². The van der Waals surface area contributed by atoms with Gasteiger partial charge in [0.2, 0.25) is 0 Å². The largest absolute Gasteiger partial charge is 0.417 e. The van der Waals surface area contributed by atoms with Crippen molar-refractivity contribution in [2.24, 2.45) is 11.7 Å². The van der Waals surface area contributed by atoms with Crippen LogP contribution >= 0.6 is 0 Å². The maximum Gasteiger partial charge on any atom is 0.417 e. The fourth-order valence-corrected chi connectivity index (χ4v) is 1.23. The molecule has 0 bridgehead atoms. The molecule has 0 aromatic carbocycles. The van der Waals surface area contributed by atoms with Crippen LogP contribution in [-0.4, -0.2) is 23.5 Å². The Balaban J connectivity index is 2.64. The molecular weight excluding hydrogens is 259 g/mol. The predicted octanol–water partition coefficient (Wildman–Crippen LogP) is 1.81. The monoisotopic (exact) mass is 275 g/mol. The first-order valence-electron chi connectivity index (χ1n) is 5.79. The molecule has 7 heteroatoms. The van der Waals surface area contributed by atoms with E-state index < -0.39 is 17.6 Å². The van der Waals surface area contributed by atoms with Gasteiger partial charge in [0.15, 0.2) is 0 Å². The summed E-state index contributed by atoms with van der Waals surface area (Å²) in [5, 5.41) is 2.53. The normalized spacial score (nSPS) is 13.4. The zero-order valence-corrected chi connectivity index (χ0v) is 10.7. The first-order chi connectivity index (χ1) is 8.71. The Morgan fingerprint density at radius 2 is 2.05 bits per heavy atom. The van der Waals surface area contributed by atoms with Gasteiger partial charge in [0.25, 0.3) is 5.91 Å². The number of aromatic nitrogens is 1. The van der Waals surface area contributed by atoms with E-state index in [2.05, 4.69) is 10.3 Å². The van der Waals surface area contributed by atoms with Gasteiger partial charge >= 0.3 is 6.18 Å². The fraction of sp³-hybridized carbons (Fsp3) is 0.500. The summed E-state index contributed by atoms with van der Waals surface area (Å²) in [5.74, 6) is -0.342. The lowest BCUT2D eigenvalue weighted by molar-refractivity contribution is -0.137. The molecule has 1 atom stereocenters. The highest BCUT2D eigenvalue weighted by atomic mass is 19.4. The highest BCUT2D eigenvalue weighted by Crippen LogP contribution is 2.28. The minimum absolute atomic E-state index is 0.0658. The van der Waals surface area contributed by atoms with Crippen LogP contribution in [0.1, 0.15) is 29.9 Å². The van der Waals surface area contributed by atoms with Gasteiger partial charge in [0.05, 0.1) is 5.56 Å². The van der Waals surface area contributed by atoms with Crippen LogP contribution in [0.3, 0.4) is 0 Å². The molecule has 0 spiro atoms. The minimum Gasteiger partial charge on any atom is -0.349 e. The minimum atomic E-state index is -4.46. The van der Waals surface area contributed by atoms with Crippen LogP contribution < -0.4 is 11.1 Å². The quantitative estimate of drug-likeness (QED) is 0.880. The lowest BCUT2D eigenvalue weighted by Gasteiger charge is -2.16. The first kappa shape index (κ1) is 15.4. The summed E-state index contributed by atoms with van der Waals surface area (Å²) < 4.78 is 36.9. The van der Waals surface area contributed by atoms with Crippen LogP contribution in [-0.2, 0) is 6.18 Å². The summed E-state index contributed by atoms with van der Waals surface area (Å²) in [6, 6.07) is 1.65. The van der Waals surface area contributed by atoms with Gasteiger partial charge in [0.1, 0.15) is 5.69 Å². The van der Waals surface area contributed by atoms with E-state index in [1.54, 1.807) is 0 Å². The summed E-state index contributed by atoms with van der Waals surface area (Å²) in [7, 11) is 0. The number of carbonyl (C=O) groups is 1. The lowest BCUT2D eigenvalue weighted by atomic mass is 10.1. The van der Waals surface area contributed by atoms with Crippen molar-refractivity contribution in [1.29, 1.82) is 0 Å². The smallest absolute Gasteiger partial charge is 0.349 e. The van der Waals surface area contributed by atoms with Crippen LogP contribution in [0.2, 0.25) is 0 Å².